The average molecular weight is 233 g/mol. The SMILES string of the molecule is C=CCOc1cccc(CCN(C)C(C)=O)c1. The zero-order valence-electron chi connectivity index (χ0n) is 10.5. The molecule has 1 aromatic carbocycles. The minimum absolute atomic E-state index is 0.0871. The lowest BCUT2D eigenvalue weighted by atomic mass is 10.1. The van der Waals surface area contributed by atoms with Gasteiger partial charge in [0.1, 0.15) is 12.4 Å². The molecule has 1 amide bonds. The van der Waals surface area contributed by atoms with Crippen molar-refractivity contribution >= 4 is 5.91 Å². The molecule has 0 atom stereocenters. The van der Waals surface area contributed by atoms with Crippen molar-refractivity contribution in [3.8, 4) is 5.75 Å². The van der Waals surface area contributed by atoms with Gasteiger partial charge in [-0.2, -0.15) is 0 Å². The molecule has 0 bridgehead atoms. The van der Waals surface area contributed by atoms with Gasteiger partial charge < -0.3 is 9.64 Å². The maximum Gasteiger partial charge on any atom is 0.219 e. The van der Waals surface area contributed by atoms with Gasteiger partial charge in [0.05, 0.1) is 0 Å². The zero-order valence-corrected chi connectivity index (χ0v) is 10.5. The summed E-state index contributed by atoms with van der Waals surface area (Å²) in [5, 5.41) is 0. The predicted octanol–water partition coefficient (Wildman–Crippen LogP) is 2.27. The first kappa shape index (κ1) is 13.3. The topological polar surface area (TPSA) is 29.5 Å². The number of amides is 1. The van der Waals surface area contributed by atoms with Crippen LogP contribution >= 0.6 is 0 Å². The maximum absolute atomic E-state index is 11.1. The molecule has 3 heteroatoms. The Balaban J connectivity index is 2.53. The Morgan fingerprint density at radius 1 is 1.53 bits per heavy atom. The van der Waals surface area contributed by atoms with Gasteiger partial charge in [0, 0.05) is 20.5 Å². The number of likely N-dealkylation sites (N-methyl/N-ethyl adjacent to an activating group) is 1. The summed E-state index contributed by atoms with van der Waals surface area (Å²) >= 11 is 0. The van der Waals surface area contributed by atoms with E-state index in [1.165, 1.54) is 5.56 Å². The standard InChI is InChI=1S/C14H19NO2/c1-4-10-17-14-7-5-6-13(11-14)8-9-15(3)12(2)16/h4-7,11H,1,8-10H2,2-3H3. The lowest BCUT2D eigenvalue weighted by Gasteiger charge is -2.14. The molecule has 0 N–H and O–H groups in total. The van der Waals surface area contributed by atoms with Crippen LogP contribution in [-0.2, 0) is 11.2 Å². The van der Waals surface area contributed by atoms with Gasteiger partial charge in [-0.1, -0.05) is 24.8 Å². The van der Waals surface area contributed by atoms with Crippen LogP contribution in [0.1, 0.15) is 12.5 Å². The largest absolute Gasteiger partial charge is 0.490 e. The molecular weight excluding hydrogens is 214 g/mol. The second kappa shape index (κ2) is 6.74. The first-order valence-corrected chi connectivity index (χ1v) is 5.68. The van der Waals surface area contributed by atoms with E-state index in [1.807, 2.05) is 24.3 Å². The molecule has 0 aliphatic heterocycles. The van der Waals surface area contributed by atoms with E-state index in [0.29, 0.717) is 6.61 Å². The molecule has 92 valence electrons. The van der Waals surface area contributed by atoms with Crippen molar-refractivity contribution in [3.63, 3.8) is 0 Å². The molecule has 0 aromatic heterocycles. The van der Waals surface area contributed by atoms with E-state index < -0.39 is 0 Å². The summed E-state index contributed by atoms with van der Waals surface area (Å²) in [5.41, 5.74) is 1.17. The summed E-state index contributed by atoms with van der Waals surface area (Å²) in [6.45, 7) is 6.41. The van der Waals surface area contributed by atoms with Gasteiger partial charge in [-0.25, -0.2) is 0 Å². The van der Waals surface area contributed by atoms with Crippen LogP contribution in [0.15, 0.2) is 36.9 Å². The van der Waals surface area contributed by atoms with Crippen LogP contribution in [-0.4, -0.2) is 31.0 Å². The highest BCUT2D eigenvalue weighted by molar-refractivity contribution is 5.72. The van der Waals surface area contributed by atoms with Crippen LogP contribution in [0.25, 0.3) is 0 Å². The Hall–Kier alpha value is -1.77. The molecule has 0 unspecified atom stereocenters. The molecule has 0 saturated heterocycles. The van der Waals surface area contributed by atoms with Gasteiger partial charge in [-0.15, -0.1) is 0 Å². The summed E-state index contributed by atoms with van der Waals surface area (Å²) in [6.07, 6.45) is 2.55. The number of nitrogens with zero attached hydrogens (tertiary/aromatic N) is 1. The van der Waals surface area contributed by atoms with E-state index in [0.717, 1.165) is 18.7 Å². The molecule has 0 aliphatic rings. The molecular formula is C14H19NO2. The molecule has 0 aliphatic carbocycles. The lowest BCUT2D eigenvalue weighted by molar-refractivity contribution is -0.127. The van der Waals surface area contributed by atoms with E-state index in [4.69, 9.17) is 4.74 Å². The van der Waals surface area contributed by atoms with Crippen LogP contribution in [0, 0.1) is 0 Å². The molecule has 0 spiro atoms. The molecule has 0 fully saturated rings. The van der Waals surface area contributed by atoms with Gasteiger partial charge in [0.15, 0.2) is 0 Å². The minimum Gasteiger partial charge on any atom is -0.490 e. The van der Waals surface area contributed by atoms with Gasteiger partial charge >= 0.3 is 0 Å². The summed E-state index contributed by atoms with van der Waals surface area (Å²) in [7, 11) is 1.81. The second-order valence-electron chi connectivity index (χ2n) is 3.94. The molecule has 0 saturated carbocycles. The van der Waals surface area contributed by atoms with Gasteiger partial charge in [-0.3, -0.25) is 4.79 Å². The van der Waals surface area contributed by atoms with Crippen molar-refractivity contribution in [2.45, 2.75) is 13.3 Å². The van der Waals surface area contributed by atoms with Gasteiger partial charge in [0.25, 0.3) is 0 Å². The maximum atomic E-state index is 11.1. The van der Waals surface area contributed by atoms with E-state index in [2.05, 4.69) is 6.58 Å². The van der Waals surface area contributed by atoms with Crippen molar-refractivity contribution < 1.29 is 9.53 Å². The van der Waals surface area contributed by atoms with Crippen LogP contribution < -0.4 is 4.74 Å². The number of benzene rings is 1. The van der Waals surface area contributed by atoms with Crippen molar-refractivity contribution in [1.29, 1.82) is 0 Å². The van der Waals surface area contributed by atoms with Crippen LogP contribution in [0.2, 0.25) is 0 Å². The Labute approximate surface area is 103 Å². The third-order valence-electron chi connectivity index (χ3n) is 2.54. The van der Waals surface area contributed by atoms with Gasteiger partial charge in [-0.05, 0) is 24.1 Å². The van der Waals surface area contributed by atoms with Crippen LogP contribution in [0.3, 0.4) is 0 Å². The van der Waals surface area contributed by atoms with Crippen molar-refractivity contribution in [2.24, 2.45) is 0 Å². The minimum atomic E-state index is 0.0871. The third kappa shape index (κ3) is 4.72. The van der Waals surface area contributed by atoms with Crippen molar-refractivity contribution in [2.75, 3.05) is 20.2 Å². The second-order valence-corrected chi connectivity index (χ2v) is 3.94. The summed E-state index contributed by atoms with van der Waals surface area (Å²) in [4.78, 5) is 12.8. The Kier molecular flexibility index (Phi) is 5.27. The van der Waals surface area contributed by atoms with Crippen molar-refractivity contribution in [3.05, 3.63) is 42.5 Å². The Morgan fingerprint density at radius 2 is 2.29 bits per heavy atom. The smallest absolute Gasteiger partial charge is 0.219 e. The van der Waals surface area contributed by atoms with Gasteiger partial charge in [0.2, 0.25) is 5.91 Å². The fourth-order valence-corrected chi connectivity index (χ4v) is 1.40. The Bertz CT molecular complexity index is 388. The molecule has 0 heterocycles. The quantitative estimate of drug-likeness (QED) is 0.705. The third-order valence-corrected chi connectivity index (χ3v) is 2.54. The Morgan fingerprint density at radius 3 is 2.94 bits per heavy atom. The summed E-state index contributed by atoms with van der Waals surface area (Å²) < 4.78 is 5.45. The van der Waals surface area contributed by atoms with E-state index >= 15 is 0 Å². The number of carbonyl (C=O) groups is 1. The van der Waals surface area contributed by atoms with Crippen LogP contribution in [0.4, 0.5) is 0 Å². The molecule has 3 nitrogen and oxygen atoms in total. The number of ether oxygens (including phenoxy) is 1. The van der Waals surface area contributed by atoms with E-state index in [9.17, 15) is 4.79 Å². The predicted molar refractivity (Wildman–Crippen MR) is 69.1 cm³/mol. The van der Waals surface area contributed by atoms with Crippen molar-refractivity contribution in [1.82, 2.24) is 4.90 Å². The summed E-state index contributed by atoms with van der Waals surface area (Å²) in [6, 6.07) is 7.91. The molecule has 1 rings (SSSR count). The van der Waals surface area contributed by atoms with E-state index in [1.54, 1.807) is 24.9 Å². The number of hydrogen-bond acceptors (Lipinski definition) is 2. The fraction of sp³-hybridized carbons (Fsp3) is 0.357. The van der Waals surface area contributed by atoms with Crippen LogP contribution in [0.5, 0.6) is 5.75 Å². The number of carbonyl (C=O) groups excluding carboxylic acids is 1. The first-order valence-electron chi connectivity index (χ1n) is 5.68. The summed E-state index contributed by atoms with van der Waals surface area (Å²) in [5.74, 6) is 0.928. The monoisotopic (exact) mass is 233 g/mol. The molecule has 0 radical (unpaired) electrons. The average Bonchev–Trinajstić information content (AvgIpc) is 2.33. The molecule has 1 aromatic rings. The fourth-order valence-electron chi connectivity index (χ4n) is 1.40. The number of hydrogen-bond donors (Lipinski definition) is 0. The first-order chi connectivity index (χ1) is 8.13. The lowest BCUT2D eigenvalue weighted by Crippen LogP contribution is -2.26. The molecule has 17 heavy (non-hydrogen) atoms. The highest BCUT2D eigenvalue weighted by atomic mass is 16.5. The number of rotatable bonds is 6. The normalized spacial score (nSPS) is 9.76. The highest BCUT2D eigenvalue weighted by Crippen LogP contribution is 2.14. The van der Waals surface area contributed by atoms with E-state index in [-0.39, 0.29) is 5.91 Å². The highest BCUT2D eigenvalue weighted by Gasteiger charge is 2.02. The zero-order chi connectivity index (χ0) is 12.7.